The predicted molar refractivity (Wildman–Crippen MR) is 68.0 cm³/mol. The fourth-order valence-corrected chi connectivity index (χ4v) is 3.32. The van der Waals surface area contributed by atoms with Crippen molar-refractivity contribution >= 4 is 27.8 Å². The first-order valence-electron chi connectivity index (χ1n) is 5.75. The number of ketones is 1. The van der Waals surface area contributed by atoms with Crippen molar-refractivity contribution in [2.75, 3.05) is 0 Å². The molecule has 2 aliphatic rings. The van der Waals surface area contributed by atoms with Gasteiger partial charge in [-0.25, -0.2) is 0 Å². The van der Waals surface area contributed by atoms with Crippen LogP contribution in [-0.2, 0) is 4.79 Å². The number of hydrogen-bond donors (Lipinski definition) is 0. The van der Waals surface area contributed by atoms with Crippen molar-refractivity contribution < 1.29 is 4.79 Å². The Kier molecular flexibility index (Phi) is 2.47. The van der Waals surface area contributed by atoms with Crippen LogP contribution in [0.5, 0.6) is 0 Å². The van der Waals surface area contributed by atoms with Gasteiger partial charge in [-0.3, -0.25) is 4.79 Å². The second kappa shape index (κ2) is 3.85. The first-order valence-corrected chi connectivity index (χ1v) is 6.55. The lowest BCUT2D eigenvalue weighted by Gasteiger charge is -2.11. The molecule has 16 heavy (non-hydrogen) atoms. The minimum Gasteiger partial charge on any atom is -0.294 e. The number of rotatable bonds is 1. The molecule has 2 heteroatoms. The smallest absolute Gasteiger partial charge is 0.162 e. The second-order valence-corrected chi connectivity index (χ2v) is 5.64. The fourth-order valence-electron chi connectivity index (χ4n) is 2.90. The van der Waals surface area contributed by atoms with Crippen LogP contribution in [0.2, 0.25) is 0 Å². The van der Waals surface area contributed by atoms with E-state index in [2.05, 4.69) is 34.1 Å². The molecule has 2 aliphatic carbocycles. The van der Waals surface area contributed by atoms with E-state index in [1.54, 1.807) is 0 Å². The van der Waals surface area contributed by atoms with Crippen LogP contribution in [0.3, 0.4) is 0 Å². The van der Waals surface area contributed by atoms with Crippen LogP contribution in [-0.4, -0.2) is 5.78 Å². The lowest BCUT2D eigenvalue weighted by atomic mass is 9.92. The molecule has 1 aromatic rings. The summed E-state index contributed by atoms with van der Waals surface area (Å²) in [4.78, 5) is 12.0. The second-order valence-electron chi connectivity index (χ2n) is 4.73. The maximum Gasteiger partial charge on any atom is 0.162 e. The molecular weight excluding hydrogens is 264 g/mol. The normalized spacial score (nSPS) is 30.3. The van der Waals surface area contributed by atoms with Crippen molar-refractivity contribution in [3.63, 3.8) is 0 Å². The summed E-state index contributed by atoms with van der Waals surface area (Å²) >= 11 is 3.45. The molecule has 2 saturated carbocycles. The summed E-state index contributed by atoms with van der Waals surface area (Å²) in [5.41, 5.74) is 2.19. The van der Waals surface area contributed by atoms with Crippen LogP contribution in [0.1, 0.15) is 24.8 Å². The van der Waals surface area contributed by atoms with E-state index < -0.39 is 0 Å². The van der Waals surface area contributed by atoms with Crippen molar-refractivity contribution in [3.05, 3.63) is 39.9 Å². The number of allylic oxidation sites excluding steroid dienone is 1. The van der Waals surface area contributed by atoms with Crippen molar-refractivity contribution in [2.45, 2.75) is 19.3 Å². The van der Waals surface area contributed by atoms with Crippen LogP contribution in [0, 0.1) is 11.8 Å². The first-order chi connectivity index (χ1) is 7.74. The van der Waals surface area contributed by atoms with Gasteiger partial charge in [0.2, 0.25) is 0 Å². The standard InChI is InChI=1S/C14H13BrO/c15-12-3-1-2-9(6-12)7-13-10-4-5-11(8-10)14(13)16/h1-3,6-7,10-11H,4-5,8H2/b13-7+/t10-,11+/m1/s1. The largest absolute Gasteiger partial charge is 0.294 e. The molecule has 0 N–H and O–H groups in total. The molecule has 2 fully saturated rings. The summed E-state index contributed by atoms with van der Waals surface area (Å²) < 4.78 is 1.07. The Hall–Kier alpha value is -0.890. The van der Waals surface area contributed by atoms with Gasteiger partial charge in [-0.2, -0.15) is 0 Å². The van der Waals surface area contributed by atoms with Crippen LogP contribution < -0.4 is 0 Å². The molecule has 3 rings (SSSR count). The Morgan fingerprint density at radius 2 is 2.06 bits per heavy atom. The van der Waals surface area contributed by atoms with Crippen LogP contribution in [0.15, 0.2) is 34.3 Å². The molecule has 0 unspecified atom stereocenters. The number of hydrogen-bond acceptors (Lipinski definition) is 1. The van der Waals surface area contributed by atoms with Crippen LogP contribution in [0.25, 0.3) is 6.08 Å². The summed E-state index contributed by atoms with van der Waals surface area (Å²) in [6, 6.07) is 8.13. The molecule has 2 atom stereocenters. The Morgan fingerprint density at radius 1 is 1.25 bits per heavy atom. The van der Waals surface area contributed by atoms with Gasteiger partial charge in [-0.15, -0.1) is 0 Å². The maximum atomic E-state index is 12.0. The van der Waals surface area contributed by atoms with Gasteiger partial charge in [0.1, 0.15) is 0 Å². The van der Waals surface area contributed by atoms with Crippen molar-refractivity contribution in [2.24, 2.45) is 11.8 Å². The summed E-state index contributed by atoms with van der Waals surface area (Å²) in [5, 5.41) is 0. The third kappa shape index (κ3) is 1.65. The molecule has 1 nitrogen and oxygen atoms in total. The predicted octanol–water partition coefficient (Wildman–Crippen LogP) is 3.83. The summed E-state index contributed by atoms with van der Waals surface area (Å²) in [7, 11) is 0. The minimum atomic E-state index is 0.336. The SMILES string of the molecule is O=C1/C(=C/c2cccc(Br)c2)[C@@H]2CC[C@H]1C2. The first kappa shape index (κ1) is 10.3. The van der Waals surface area contributed by atoms with Gasteiger partial charge < -0.3 is 0 Å². The molecule has 0 aliphatic heterocycles. The van der Waals surface area contributed by atoms with Crippen molar-refractivity contribution in [3.8, 4) is 0 Å². The molecule has 0 saturated heterocycles. The zero-order valence-electron chi connectivity index (χ0n) is 8.95. The summed E-state index contributed by atoms with van der Waals surface area (Å²) in [6.07, 6.45) is 5.49. The van der Waals surface area contributed by atoms with E-state index in [9.17, 15) is 4.79 Å². The van der Waals surface area contributed by atoms with Gasteiger partial charge in [0.15, 0.2) is 5.78 Å². The molecule has 0 radical (unpaired) electrons. The average Bonchev–Trinajstić information content (AvgIpc) is 2.82. The number of halogens is 1. The molecule has 0 aromatic heterocycles. The van der Waals surface area contributed by atoms with Gasteiger partial charge in [0, 0.05) is 10.4 Å². The van der Waals surface area contributed by atoms with Gasteiger partial charge in [-0.1, -0.05) is 28.1 Å². The molecule has 0 spiro atoms. The minimum absolute atomic E-state index is 0.336. The van der Waals surface area contributed by atoms with Crippen molar-refractivity contribution in [1.82, 2.24) is 0 Å². The topological polar surface area (TPSA) is 17.1 Å². The molecule has 82 valence electrons. The Labute approximate surface area is 104 Å². The molecular formula is C14H13BrO. The van der Waals surface area contributed by atoms with E-state index in [-0.39, 0.29) is 0 Å². The van der Waals surface area contributed by atoms with E-state index in [4.69, 9.17) is 0 Å². The van der Waals surface area contributed by atoms with Crippen LogP contribution in [0.4, 0.5) is 0 Å². The average molecular weight is 277 g/mol. The zero-order valence-corrected chi connectivity index (χ0v) is 10.5. The van der Waals surface area contributed by atoms with Gasteiger partial charge in [0.25, 0.3) is 0 Å². The van der Waals surface area contributed by atoms with Crippen LogP contribution >= 0.6 is 15.9 Å². The van der Waals surface area contributed by atoms with Gasteiger partial charge in [0.05, 0.1) is 0 Å². The monoisotopic (exact) mass is 276 g/mol. The van der Waals surface area contributed by atoms with E-state index in [1.807, 2.05) is 12.1 Å². The van der Waals surface area contributed by atoms with Gasteiger partial charge >= 0.3 is 0 Å². The van der Waals surface area contributed by atoms with Gasteiger partial charge in [-0.05, 0) is 54.5 Å². The van der Waals surface area contributed by atoms with E-state index in [1.165, 1.54) is 6.42 Å². The number of carbonyl (C=O) groups is 1. The summed E-state index contributed by atoms with van der Waals surface area (Å²) in [6.45, 7) is 0. The summed E-state index contributed by atoms with van der Waals surface area (Å²) in [5.74, 6) is 1.27. The molecule has 1 aromatic carbocycles. The number of fused-ring (bicyclic) bond motifs is 2. The van der Waals surface area contributed by atoms with Crippen molar-refractivity contribution in [1.29, 1.82) is 0 Å². The highest BCUT2D eigenvalue weighted by atomic mass is 79.9. The number of Topliss-reactive ketones (excluding diaryl/α,β-unsaturated/α-hetero) is 1. The fraction of sp³-hybridized carbons (Fsp3) is 0.357. The third-order valence-electron chi connectivity index (χ3n) is 3.70. The lowest BCUT2D eigenvalue weighted by Crippen LogP contribution is -2.11. The zero-order chi connectivity index (χ0) is 11.1. The van der Waals surface area contributed by atoms with E-state index in [0.29, 0.717) is 17.6 Å². The molecule has 0 amide bonds. The quantitative estimate of drug-likeness (QED) is 0.713. The molecule has 2 bridgehead atoms. The van der Waals surface area contributed by atoms with E-state index >= 15 is 0 Å². The highest BCUT2D eigenvalue weighted by molar-refractivity contribution is 9.10. The Bertz CT molecular complexity index is 475. The third-order valence-corrected chi connectivity index (χ3v) is 4.19. The van der Waals surface area contributed by atoms with E-state index in [0.717, 1.165) is 28.5 Å². The molecule has 0 heterocycles. The Morgan fingerprint density at radius 3 is 2.75 bits per heavy atom. The Balaban J connectivity index is 1.96. The highest BCUT2D eigenvalue weighted by Crippen LogP contribution is 2.46. The lowest BCUT2D eigenvalue weighted by molar-refractivity contribution is -0.118. The number of carbonyl (C=O) groups excluding carboxylic acids is 1. The number of benzene rings is 1. The highest BCUT2D eigenvalue weighted by Gasteiger charge is 2.42. The maximum absolute atomic E-state index is 12.0.